The van der Waals surface area contributed by atoms with Crippen LogP contribution in [0.15, 0.2) is 70.6 Å². The minimum atomic E-state index is 0.0277. The molecule has 0 unspecified atom stereocenters. The van der Waals surface area contributed by atoms with E-state index in [0.717, 1.165) is 31.8 Å². The summed E-state index contributed by atoms with van der Waals surface area (Å²) in [6.07, 6.45) is 3.72. The van der Waals surface area contributed by atoms with Gasteiger partial charge >= 0.3 is 0 Å². The summed E-state index contributed by atoms with van der Waals surface area (Å²) in [5.41, 5.74) is 3.27. The summed E-state index contributed by atoms with van der Waals surface area (Å²) < 4.78 is 1.70. The fourth-order valence-electron chi connectivity index (χ4n) is 3.06. The highest BCUT2D eigenvalue weighted by Crippen LogP contribution is 2.35. The Balaban J connectivity index is 1.77. The average Bonchev–Trinajstić information content (AvgIpc) is 3.02. The molecule has 0 amide bonds. The fraction of sp³-hybridized carbons (Fsp3) is 0.143. The van der Waals surface area contributed by atoms with Crippen LogP contribution < -0.4 is 5.56 Å². The first-order valence-corrected chi connectivity index (χ1v) is 10.4. The average molecular weight is 379 g/mol. The number of thiophene rings is 1. The van der Waals surface area contributed by atoms with Crippen LogP contribution in [0.5, 0.6) is 0 Å². The van der Waals surface area contributed by atoms with Gasteiger partial charge in [0.05, 0.1) is 18.3 Å². The number of aryl methyl sites for hydroxylation is 1. The lowest BCUT2D eigenvalue weighted by atomic mass is 10.1. The molecule has 0 aliphatic carbocycles. The highest BCUT2D eigenvalue weighted by molar-refractivity contribution is 7.98. The zero-order chi connectivity index (χ0) is 18.1. The molecular formula is C21H18N2OS2. The predicted molar refractivity (Wildman–Crippen MR) is 111 cm³/mol. The van der Waals surface area contributed by atoms with E-state index in [1.165, 1.54) is 4.90 Å². The van der Waals surface area contributed by atoms with Gasteiger partial charge in [-0.1, -0.05) is 42.5 Å². The van der Waals surface area contributed by atoms with Crippen LogP contribution >= 0.6 is 23.1 Å². The van der Waals surface area contributed by atoms with Gasteiger partial charge in [0, 0.05) is 9.77 Å². The Bertz CT molecular complexity index is 1110. The molecule has 4 rings (SSSR count). The molecule has 4 aromatic rings. The van der Waals surface area contributed by atoms with Crippen LogP contribution in [0.3, 0.4) is 0 Å². The summed E-state index contributed by atoms with van der Waals surface area (Å²) in [5, 5.41) is 0.733. The van der Waals surface area contributed by atoms with E-state index in [-0.39, 0.29) is 5.56 Å². The van der Waals surface area contributed by atoms with E-state index >= 15 is 0 Å². The molecule has 0 saturated carbocycles. The Labute approximate surface area is 160 Å². The number of hydrogen-bond acceptors (Lipinski definition) is 4. The highest BCUT2D eigenvalue weighted by Gasteiger charge is 2.15. The maximum absolute atomic E-state index is 13.0. The predicted octanol–water partition coefficient (Wildman–Crippen LogP) is 5.20. The molecule has 0 saturated heterocycles. The monoisotopic (exact) mass is 378 g/mol. The van der Waals surface area contributed by atoms with Crippen LogP contribution in [-0.4, -0.2) is 15.8 Å². The van der Waals surface area contributed by atoms with E-state index in [2.05, 4.69) is 47.6 Å². The molecule has 26 heavy (non-hydrogen) atoms. The fourth-order valence-corrected chi connectivity index (χ4v) is 4.62. The molecule has 0 radical (unpaired) electrons. The van der Waals surface area contributed by atoms with Crippen LogP contribution in [0.4, 0.5) is 0 Å². The van der Waals surface area contributed by atoms with Crippen molar-refractivity contribution in [3.63, 3.8) is 0 Å². The zero-order valence-corrected chi connectivity index (χ0v) is 16.2. The molecule has 2 aromatic heterocycles. The molecule has 0 aliphatic rings. The van der Waals surface area contributed by atoms with Gasteiger partial charge in [0.25, 0.3) is 5.56 Å². The van der Waals surface area contributed by atoms with E-state index in [1.807, 2.05) is 25.1 Å². The lowest BCUT2D eigenvalue weighted by Gasteiger charge is -2.06. The Kier molecular flexibility index (Phi) is 4.66. The highest BCUT2D eigenvalue weighted by atomic mass is 32.2. The van der Waals surface area contributed by atoms with Crippen LogP contribution in [0, 0.1) is 6.92 Å². The Morgan fingerprint density at radius 1 is 1.08 bits per heavy atom. The third-order valence-corrected chi connectivity index (χ3v) is 6.46. The van der Waals surface area contributed by atoms with Crippen molar-refractivity contribution in [1.29, 1.82) is 0 Å². The Morgan fingerprint density at radius 3 is 2.50 bits per heavy atom. The molecule has 5 heteroatoms. The van der Waals surface area contributed by atoms with E-state index in [0.29, 0.717) is 6.54 Å². The van der Waals surface area contributed by atoms with Crippen molar-refractivity contribution >= 4 is 33.3 Å². The summed E-state index contributed by atoms with van der Waals surface area (Å²) in [7, 11) is 0. The lowest BCUT2D eigenvalue weighted by Crippen LogP contribution is -2.21. The van der Waals surface area contributed by atoms with Crippen LogP contribution in [0.2, 0.25) is 0 Å². The second kappa shape index (κ2) is 7.09. The van der Waals surface area contributed by atoms with Gasteiger partial charge in [0.15, 0.2) is 0 Å². The van der Waals surface area contributed by atoms with Crippen molar-refractivity contribution in [3.05, 3.63) is 82.4 Å². The van der Waals surface area contributed by atoms with Gasteiger partial charge < -0.3 is 0 Å². The van der Waals surface area contributed by atoms with E-state index in [1.54, 1.807) is 34.0 Å². The molecule has 0 N–H and O–H groups in total. The molecule has 2 aromatic carbocycles. The van der Waals surface area contributed by atoms with E-state index in [9.17, 15) is 4.79 Å². The molecule has 0 spiro atoms. The third kappa shape index (κ3) is 3.08. The van der Waals surface area contributed by atoms with Crippen LogP contribution in [0.25, 0.3) is 20.7 Å². The molecule has 0 aliphatic heterocycles. The second-order valence-electron chi connectivity index (χ2n) is 6.13. The summed E-state index contributed by atoms with van der Waals surface area (Å²) >= 11 is 3.30. The molecule has 0 fully saturated rings. The summed E-state index contributed by atoms with van der Waals surface area (Å²) in [6, 6.07) is 18.5. The normalized spacial score (nSPS) is 11.2. The van der Waals surface area contributed by atoms with Gasteiger partial charge in [-0.2, -0.15) is 0 Å². The summed E-state index contributed by atoms with van der Waals surface area (Å²) in [4.78, 5) is 20.7. The number of aromatic nitrogens is 2. The number of rotatable bonds is 4. The first-order chi connectivity index (χ1) is 12.7. The van der Waals surface area contributed by atoms with Crippen LogP contribution in [-0.2, 0) is 6.54 Å². The number of hydrogen-bond donors (Lipinski definition) is 0. The minimum absolute atomic E-state index is 0.0277. The standard InChI is InChI=1S/C21H18N2OS2/c1-14-18-20(26-19(14)16-6-4-3-5-7-16)22-13-23(21(18)24)12-15-8-10-17(25-2)11-9-15/h3-11,13H,12H2,1-2H3. The molecule has 0 bridgehead atoms. The topological polar surface area (TPSA) is 34.9 Å². The van der Waals surface area contributed by atoms with Crippen molar-refractivity contribution in [1.82, 2.24) is 9.55 Å². The molecule has 3 nitrogen and oxygen atoms in total. The van der Waals surface area contributed by atoms with Gasteiger partial charge in [-0.3, -0.25) is 9.36 Å². The van der Waals surface area contributed by atoms with Gasteiger partial charge in [-0.25, -0.2) is 4.98 Å². The van der Waals surface area contributed by atoms with Crippen molar-refractivity contribution in [3.8, 4) is 10.4 Å². The van der Waals surface area contributed by atoms with Crippen molar-refractivity contribution in [2.45, 2.75) is 18.4 Å². The second-order valence-corrected chi connectivity index (χ2v) is 8.01. The van der Waals surface area contributed by atoms with E-state index in [4.69, 9.17) is 0 Å². The number of fused-ring (bicyclic) bond motifs is 1. The SMILES string of the molecule is CSc1ccc(Cn2cnc3sc(-c4ccccc4)c(C)c3c2=O)cc1. The number of nitrogens with zero attached hydrogens (tertiary/aromatic N) is 2. The summed E-state index contributed by atoms with van der Waals surface area (Å²) in [6.45, 7) is 2.55. The van der Waals surface area contributed by atoms with Crippen molar-refractivity contribution in [2.75, 3.05) is 6.26 Å². The van der Waals surface area contributed by atoms with Gasteiger partial charge in [-0.15, -0.1) is 23.1 Å². The molecule has 0 atom stereocenters. The first kappa shape index (κ1) is 17.1. The minimum Gasteiger partial charge on any atom is -0.294 e. The lowest BCUT2D eigenvalue weighted by molar-refractivity contribution is 0.748. The van der Waals surface area contributed by atoms with Gasteiger partial charge in [0.1, 0.15) is 4.83 Å². The van der Waals surface area contributed by atoms with Crippen molar-refractivity contribution in [2.24, 2.45) is 0 Å². The number of thioether (sulfide) groups is 1. The maximum Gasteiger partial charge on any atom is 0.262 e. The Morgan fingerprint density at radius 2 is 1.81 bits per heavy atom. The van der Waals surface area contributed by atoms with E-state index < -0.39 is 0 Å². The largest absolute Gasteiger partial charge is 0.294 e. The molecule has 2 heterocycles. The van der Waals surface area contributed by atoms with Gasteiger partial charge in [-0.05, 0) is 42.0 Å². The van der Waals surface area contributed by atoms with Crippen molar-refractivity contribution < 1.29 is 0 Å². The van der Waals surface area contributed by atoms with Crippen LogP contribution in [0.1, 0.15) is 11.1 Å². The smallest absolute Gasteiger partial charge is 0.262 e. The third-order valence-electron chi connectivity index (χ3n) is 4.47. The zero-order valence-electron chi connectivity index (χ0n) is 14.6. The van der Waals surface area contributed by atoms with Gasteiger partial charge in [0.2, 0.25) is 0 Å². The molecule has 130 valence electrons. The number of benzene rings is 2. The Hall–Kier alpha value is -2.37. The molecular weight excluding hydrogens is 360 g/mol. The first-order valence-electron chi connectivity index (χ1n) is 8.34. The quantitative estimate of drug-likeness (QED) is 0.458. The maximum atomic E-state index is 13.0. The summed E-state index contributed by atoms with van der Waals surface area (Å²) in [5.74, 6) is 0.